The highest BCUT2D eigenvalue weighted by molar-refractivity contribution is 6.01. The number of aliphatic imine (C=N–C) groups is 1. The second-order valence-electron chi connectivity index (χ2n) is 9.37. The predicted octanol–water partition coefficient (Wildman–Crippen LogP) is 3.48. The number of esters is 1. The van der Waals surface area contributed by atoms with Crippen molar-refractivity contribution < 1.29 is 9.53 Å². The molecule has 1 atom stereocenters. The molecule has 1 unspecified atom stereocenters. The van der Waals surface area contributed by atoms with Gasteiger partial charge in [0.25, 0.3) is 0 Å². The van der Waals surface area contributed by atoms with Crippen molar-refractivity contribution in [1.82, 2.24) is 35.3 Å². The van der Waals surface area contributed by atoms with Crippen molar-refractivity contribution in [3.8, 4) is 22.5 Å². The lowest BCUT2D eigenvalue weighted by Crippen LogP contribution is -2.46. The van der Waals surface area contributed by atoms with E-state index >= 15 is 0 Å². The van der Waals surface area contributed by atoms with Crippen LogP contribution in [0.2, 0.25) is 0 Å². The second kappa shape index (κ2) is 10.8. The van der Waals surface area contributed by atoms with E-state index < -0.39 is 0 Å². The van der Waals surface area contributed by atoms with Gasteiger partial charge >= 0.3 is 5.97 Å². The average molecular weight is 501 g/mol. The minimum atomic E-state index is -0.266. The van der Waals surface area contributed by atoms with Crippen LogP contribution in [-0.4, -0.2) is 80.7 Å². The first-order valence-electron chi connectivity index (χ1n) is 12.6. The van der Waals surface area contributed by atoms with Crippen LogP contribution in [0.15, 0.2) is 65.4 Å². The number of ether oxygens (including phenoxy) is 1. The largest absolute Gasteiger partial charge is 0.468 e. The molecular formula is C27H32N8O2. The lowest BCUT2D eigenvalue weighted by molar-refractivity contribution is -0.141. The van der Waals surface area contributed by atoms with Crippen molar-refractivity contribution in [2.45, 2.75) is 38.9 Å². The molecular weight excluding hydrogens is 468 g/mol. The molecule has 0 radical (unpaired) electrons. The summed E-state index contributed by atoms with van der Waals surface area (Å²) in [5.74, 6) is 1.18. The number of H-pyrrole nitrogens is 1. The van der Waals surface area contributed by atoms with Crippen LogP contribution in [0.5, 0.6) is 0 Å². The monoisotopic (exact) mass is 500 g/mol. The number of carbonyl (C=O) groups excluding carboxylic acids is 1. The van der Waals surface area contributed by atoms with Crippen LogP contribution in [0.4, 0.5) is 0 Å². The van der Waals surface area contributed by atoms with E-state index in [-0.39, 0.29) is 18.7 Å². The van der Waals surface area contributed by atoms with Gasteiger partial charge in [-0.25, -0.2) is 4.99 Å². The SMILES string of the molecule is CCCCC1N=C2C(=CN(C)CN2CC(=O)OC)N1Cc1ccc(-c2ccccc2-c2nn[nH]n2)cc1. The number of nitrogens with zero attached hydrogens (tertiary/aromatic N) is 7. The molecule has 10 heteroatoms. The van der Waals surface area contributed by atoms with Gasteiger partial charge in [-0.3, -0.25) is 4.79 Å². The Morgan fingerprint density at radius 1 is 1.14 bits per heavy atom. The van der Waals surface area contributed by atoms with Gasteiger partial charge in [0, 0.05) is 25.4 Å². The molecule has 2 aromatic carbocycles. The van der Waals surface area contributed by atoms with E-state index in [4.69, 9.17) is 9.73 Å². The summed E-state index contributed by atoms with van der Waals surface area (Å²) >= 11 is 0. The molecule has 192 valence electrons. The Kier molecular flexibility index (Phi) is 7.16. The number of benzene rings is 2. The molecule has 2 aliphatic heterocycles. The molecule has 2 aliphatic rings. The summed E-state index contributed by atoms with van der Waals surface area (Å²) in [6.07, 6.45) is 5.32. The van der Waals surface area contributed by atoms with Crippen LogP contribution < -0.4 is 0 Å². The van der Waals surface area contributed by atoms with E-state index in [1.54, 1.807) is 0 Å². The van der Waals surface area contributed by atoms with E-state index in [2.05, 4.69) is 73.9 Å². The zero-order valence-corrected chi connectivity index (χ0v) is 21.5. The Hall–Kier alpha value is -4.21. The molecule has 0 aliphatic carbocycles. The summed E-state index contributed by atoms with van der Waals surface area (Å²) in [4.78, 5) is 23.6. The lowest BCUT2D eigenvalue weighted by atomic mass is 9.98. The number of methoxy groups -OCH3 is 1. The number of aromatic amines is 1. The molecule has 0 saturated carbocycles. The third-order valence-electron chi connectivity index (χ3n) is 6.70. The van der Waals surface area contributed by atoms with Crippen LogP contribution >= 0.6 is 0 Å². The van der Waals surface area contributed by atoms with Gasteiger partial charge in [0.05, 0.1) is 19.5 Å². The molecule has 37 heavy (non-hydrogen) atoms. The van der Waals surface area contributed by atoms with Crippen molar-refractivity contribution in [2.24, 2.45) is 4.99 Å². The molecule has 0 fully saturated rings. The zero-order valence-electron chi connectivity index (χ0n) is 21.5. The number of amidine groups is 1. The number of nitrogens with one attached hydrogen (secondary N) is 1. The molecule has 0 saturated heterocycles. The highest BCUT2D eigenvalue weighted by Gasteiger charge is 2.37. The van der Waals surface area contributed by atoms with Crippen LogP contribution in [-0.2, 0) is 16.1 Å². The fourth-order valence-electron chi connectivity index (χ4n) is 4.86. The Morgan fingerprint density at radius 3 is 2.62 bits per heavy atom. The second-order valence-corrected chi connectivity index (χ2v) is 9.37. The molecule has 0 amide bonds. The highest BCUT2D eigenvalue weighted by Crippen LogP contribution is 2.33. The van der Waals surface area contributed by atoms with Gasteiger partial charge in [-0.1, -0.05) is 61.9 Å². The Labute approximate surface area is 216 Å². The van der Waals surface area contributed by atoms with E-state index in [0.717, 1.165) is 54.0 Å². The maximum atomic E-state index is 12.1. The number of carbonyl (C=O) groups is 1. The summed E-state index contributed by atoms with van der Waals surface area (Å²) < 4.78 is 4.93. The van der Waals surface area contributed by atoms with Crippen molar-refractivity contribution in [1.29, 1.82) is 0 Å². The number of aromatic nitrogens is 4. The highest BCUT2D eigenvalue weighted by atomic mass is 16.5. The van der Waals surface area contributed by atoms with Crippen LogP contribution in [0.3, 0.4) is 0 Å². The normalized spacial score (nSPS) is 16.9. The summed E-state index contributed by atoms with van der Waals surface area (Å²) in [6.45, 7) is 3.70. The lowest BCUT2D eigenvalue weighted by Gasteiger charge is -2.36. The van der Waals surface area contributed by atoms with Gasteiger partial charge in [-0.2, -0.15) is 5.21 Å². The summed E-state index contributed by atoms with van der Waals surface area (Å²) in [6, 6.07) is 16.7. The molecule has 1 aromatic heterocycles. The smallest absolute Gasteiger partial charge is 0.325 e. The summed E-state index contributed by atoms with van der Waals surface area (Å²) in [5, 5.41) is 14.6. The van der Waals surface area contributed by atoms with Crippen molar-refractivity contribution >= 4 is 11.8 Å². The first-order chi connectivity index (χ1) is 18.1. The van der Waals surface area contributed by atoms with Crippen molar-refractivity contribution in [3.05, 3.63) is 66.0 Å². The molecule has 1 N–H and O–H groups in total. The maximum absolute atomic E-state index is 12.1. The summed E-state index contributed by atoms with van der Waals surface area (Å²) in [5.41, 5.74) is 5.31. The number of hydrogen-bond acceptors (Lipinski definition) is 9. The summed E-state index contributed by atoms with van der Waals surface area (Å²) in [7, 11) is 3.44. The quantitative estimate of drug-likeness (QED) is 0.446. The van der Waals surface area contributed by atoms with Gasteiger partial charge in [0.2, 0.25) is 5.82 Å². The van der Waals surface area contributed by atoms with Gasteiger partial charge in [-0.15, -0.1) is 10.2 Å². The van der Waals surface area contributed by atoms with Gasteiger partial charge in [0.1, 0.15) is 12.7 Å². The first-order valence-corrected chi connectivity index (χ1v) is 12.6. The topological polar surface area (TPSA) is 103 Å². The Balaban J connectivity index is 1.39. The number of rotatable bonds is 9. The maximum Gasteiger partial charge on any atom is 0.325 e. The third kappa shape index (κ3) is 5.18. The number of unbranched alkanes of at least 4 members (excludes halogenated alkanes) is 1. The van der Waals surface area contributed by atoms with Crippen LogP contribution in [0.1, 0.15) is 31.7 Å². The molecule has 10 nitrogen and oxygen atoms in total. The average Bonchev–Trinajstić information content (AvgIpc) is 3.57. The van der Waals surface area contributed by atoms with Crippen LogP contribution in [0, 0.1) is 0 Å². The van der Waals surface area contributed by atoms with Gasteiger partial charge in [-0.05, 0) is 34.7 Å². The van der Waals surface area contributed by atoms with Gasteiger partial charge in [0.15, 0.2) is 5.84 Å². The number of tetrazole rings is 1. The van der Waals surface area contributed by atoms with Crippen molar-refractivity contribution in [2.75, 3.05) is 27.4 Å². The van der Waals surface area contributed by atoms with E-state index in [1.165, 1.54) is 12.7 Å². The number of hydrogen-bond donors (Lipinski definition) is 1. The zero-order chi connectivity index (χ0) is 25.8. The Bertz CT molecular complexity index is 1290. The van der Waals surface area contributed by atoms with Crippen molar-refractivity contribution in [3.63, 3.8) is 0 Å². The predicted molar refractivity (Wildman–Crippen MR) is 141 cm³/mol. The van der Waals surface area contributed by atoms with E-state index in [0.29, 0.717) is 12.5 Å². The molecule has 0 bridgehead atoms. The van der Waals surface area contributed by atoms with Gasteiger partial charge < -0.3 is 19.4 Å². The fraction of sp³-hybridized carbons (Fsp3) is 0.370. The molecule has 0 spiro atoms. The fourth-order valence-corrected chi connectivity index (χ4v) is 4.86. The minimum Gasteiger partial charge on any atom is -0.468 e. The van der Waals surface area contributed by atoms with Crippen LogP contribution in [0.25, 0.3) is 22.5 Å². The third-order valence-corrected chi connectivity index (χ3v) is 6.70. The Morgan fingerprint density at radius 2 is 1.92 bits per heavy atom. The minimum absolute atomic E-state index is 0.0338. The molecule has 3 aromatic rings. The molecule has 3 heterocycles. The number of fused-ring (bicyclic) bond motifs is 1. The van der Waals surface area contributed by atoms with E-state index in [9.17, 15) is 4.79 Å². The molecule has 5 rings (SSSR count). The van der Waals surface area contributed by atoms with E-state index in [1.807, 2.05) is 30.1 Å². The standard InChI is InChI=1S/C27H32N8O2/c1-4-5-10-24-28-27-23(16-33(2)18-34(27)17-25(36)37-3)35(24)15-19-11-13-20(14-12-19)21-8-6-7-9-22(21)26-29-31-32-30-26/h6-9,11-14,16,24H,4-5,10,15,17-18H2,1-3H3,(H,29,30,31,32). The first kappa shape index (κ1) is 24.5.